The third-order valence-electron chi connectivity index (χ3n) is 1.13. The topological polar surface area (TPSA) is 26.3 Å². The van der Waals surface area contributed by atoms with Gasteiger partial charge in [-0.05, 0) is 12.1 Å². The maximum absolute atomic E-state index is 12.3. The summed E-state index contributed by atoms with van der Waals surface area (Å²) in [6, 6.07) is 3.38. The first-order chi connectivity index (χ1) is 5.74. The first-order valence-corrected chi connectivity index (χ1v) is 3.02. The van der Waals surface area contributed by atoms with Crippen molar-refractivity contribution < 1.29 is 18.3 Å². The van der Waals surface area contributed by atoms with Gasteiger partial charge in [0.1, 0.15) is 12.5 Å². The fourth-order valence-corrected chi connectivity index (χ4v) is 0.604. The quantitative estimate of drug-likeness (QED) is 0.648. The van der Waals surface area contributed by atoms with Crippen molar-refractivity contribution in [3.8, 4) is 5.75 Å². The van der Waals surface area contributed by atoms with Gasteiger partial charge in [0.05, 0.1) is 7.11 Å². The SMILES string of the molecule is C=O.COc1ccc(F)c(F)c1. The van der Waals surface area contributed by atoms with E-state index >= 15 is 0 Å². The highest BCUT2D eigenvalue weighted by atomic mass is 19.2. The molecule has 1 rings (SSSR count). The molecule has 66 valence electrons. The molecule has 0 aliphatic heterocycles. The Labute approximate surface area is 68.8 Å². The lowest BCUT2D eigenvalue weighted by Crippen LogP contribution is -1.86. The molecule has 0 unspecified atom stereocenters. The second-order valence-electron chi connectivity index (χ2n) is 1.78. The summed E-state index contributed by atoms with van der Waals surface area (Å²) < 4.78 is 29.2. The Morgan fingerprint density at radius 1 is 1.25 bits per heavy atom. The lowest BCUT2D eigenvalue weighted by molar-refractivity contribution is -0.0979. The zero-order valence-electron chi connectivity index (χ0n) is 6.51. The number of ether oxygens (including phenoxy) is 1. The highest BCUT2D eigenvalue weighted by Gasteiger charge is 2.00. The molecule has 0 atom stereocenters. The van der Waals surface area contributed by atoms with Gasteiger partial charge >= 0.3 is 0 Å². The van der Waals surface area contributed by atoms with E-state index in [9.17, 15) is 8.78 Å². The van der Waals surface area contributed by atoms with Gasteiger partial charge in [-0.3, -0.25) is 0 Å². The molecule has 4 heteroatoms. The average molecular weight is 174 g/mol. The Bertz CT molecular complexity index is 251. The molecular formula is C8H8F2O2. The van der Waals surface area contributed by atoms with E-state index < -0.39 is 11.6 Å². The molecule has 0 amide bonds. The van der Waals surface area contributed by atoms with Crippen molar-refractivity contribution in [2.75, 3.05) is 7.11 Å². The molecule has 0 radical (unpaired) electrons. The van der Waals surface area contributed by atoms with Crippen LogP contribution in [0.5, 0.6) is 5.75 Å². The lowest BCUT2D eigenvalue weighted by atomic mass is 10.3. The van der Waals surface area contributed by atoms with Crippen LogP contribution < -0.4 is 4.74 Å². The molecule has 0 aliphatic carbocycles. The highest BCUT2D eigenvalue weighted by molar-refractivity contribution is 5.23. The average Bonchev–Trinajstić information content (AvgIpc) is 2.13. The second kappa shape index (κ2) is 5.23. The Hall–Kier alpha value is -1.45. The first kappa shape index (κ1) is 10.6. The Kier molecular flexibility index (Phi) is 4.60. The normalized spacial score (nSPS) is 8.25. The van der Waals surface area contributed by atoms with Gasteiger partial charge in [-0.1, -0.05) is 0 Å². The van der Waals surface area contributed by atoms with Crippen LogP contribution in [0.4, 0.5) is 8.78 Å². The molecule has 12 heavy (non-hydrogen) atoms. The minimum atomic E-state index is -0.889. The van der Waals surface area contributed by atoms with Crippen LogP contribution in [0.1, 0.15) is 0 Å². The fourth-order valence-electron chi connectivity index (χ4n) is 0.604. The van der Waals surface area contributed by atoms with Crippen LogP contribution in [-0.4, -0.2) is 13.9 Å². The minimum Gasteiger partial charge on any atom is -0.497 e. The van der Waals surface area contributed by atoms with E-state index in [1.54, 1.807) is 0 Å². The molecular weight excluding hydrogens is 166 g/mol. The van der Waals surface area contributed by atoms with E-state index in [4.69, 9.17) is 4.79 Å². The molecule has 1 aromatic carbocycles. The number of methoxy groups -OCH3 is 1. The van der Waals surface area contributed by atoms with E-state index in [2.05, 4.69) is 4.74 Å². The van der Waals surface area contributed by atoms with Gasteiger partial charge in [-0.25, -0.2) is 8.78 Å². The van der Waals surface area contributed by atoms with Crippen molar-refractivity contribution in [1.82, 2.24) is 0 Å². The van der Waals surface area contributed by atoms with Crippen LogP contribution >= 0.6 is 0 Å². The van der Waals surface area contributed by atoms with Crippen molar-refractivity contribution in [2.45, 2.75) is 0 Å². The molecule has 0 saturated carbocycles. The zero-order chi connectivity index (χ0) is 9.56. The van der Waals surface area contributed by atoms with E-state index in [1.165, 1.54) is 13.2 Å². The van der Waals surface area contributed by atoms with Crippen molar-refractivity contribution >= 4 is 6.79 Å². The number of rotatable bonds is 1. The van der Waals surface area contributed by atoms with Gasteiger partial charge in [0.15, 0.2) is 11.6 Å². The molecule has 2 nitrogen and oxygen atoms in total. The summed E-state index contributed by atoms with van der Waals surface area (Å²) in [6.45, 7) is 2.00. The summed E-state index contributed by atoms with van der Waals surface area (Å²) in [6.07, 6.45) is 0. The minimum absolute atomic E-state index is 0.318. The Morgan fingerprint density at radius 2 is 1.83 bits per heavy atom. The predicted octanol–water partition coefficient (Wildman–Crippen LogP) is 1.79. The third kappa shape index (κ3) is 2.65. The van der Waals surface area contributed by atoms with Gasteiger partial charge < -0.3 is 9.53 Å². The maximum Gasteiger partial charge on any atom is 0.162 e. The van der Waals surface area contributed by atoms with Crippen molar-refractivity contribution in [3.05, 3.63) is 29.8 Å². The van der Waals surface area contributed by atoms with E-state index in [0.29, 0.717) is 5.75 Å². The number of hydrogen-bond donors (Lipinski definition) is 0. The standard InChI is InChI=1S/C7H6F2O.CH2O/c1-10-5-2-3-6(8)7(9)4-5;1-2/h2-4H,1H3;1H2. The summed E-state index contributed by atoms with van der Waals surface area (Å²) >= 11 is 0. The van der Waals surface area contributed by atoms with E-state index in [0.717, 1.165) is 12.1 Å². The van der Waals surface area contributed by atoms with Crippen LogP contribution in [0.2, 0.25) is 0 Å². The number of hydrogen-bond acceptors (Lipinski definition) is 2. The highest BCUT2D eigenvalue weighted by Crippen LogP contribution is 2.13. The molecule has 0 spiro atoms. The zero-order valence-corrected chi connectivity index (χ0v) is 6.51. The molecule has 0 N–H and O–H groups in total. The summed E-state index contributed by atoms with van der Waals surface area (Å²) in [5.74, 6) is -1.43. The summed E-state index contributed by atoms with van der Waals surface area (Å²) in [5, 5.41) is 0. The van der Waals surface area contributed by atoms with Crippen LogP contribution in [0, 0.1) is 11.6 Å². The number of carbonyl (C=O) groups is 1. The molecule has 0 saturated heterocycles. The predicted molar refractivity (Wildman–Crippen MR) is 40.0 cm³/mol. The number of halogens is 2. The Balaban J connectivity index is 0.000000561. The summed E-state index contributed by atoms with van der Waals surface area (Å²) in [7, 11) is 1.40. The molecule has 0 fully saturated rings. The molecule has 1 aromatic rings. The Morgan fingerprint density at radius 3 is 2.25 bits per heavy atom. The first-order valence-electron chi connectivity index (χ1n) is 3.02. The third-order valence-corrected chi connectivity index (χ3v) is 1.13. The van der Waals surface area contributed by atoms with Crippen LogP contribution in [0.25, 0.3) is 0 Å². The largest absolute Gasteiger partial charge is 0.497 e. The van der Waals surface area contributed by atoms with Gasteiger partial charge in [0, 0.05) is 6.07 Å². The molecule has 0 bridgehead atoms. The van der Waals surface area contributed by atoms with Crippen molar-refractivity contribution in [2.24, 2.45) is 0 Å². The number of benzene rings is 1. The van der Waals surface area contributed by atoms with Crippen molar-refractivity contribution in [3.63, 3.8) is 0 Å². The summed E-state index contributed by atoms with van der Waals surface area (Å²) in [5.41, 5.74) is 0. The van der Waals surface area contributed by atoms with Gasteiger partial charge in [-0.15, -0.1) is 0 Å². The second-order valence-corrected chi connectivity index (χ2v) is 1.78. The number of carbonyl (C=O) groups excluding carboxylic acids is 1. The smallest absolute Gasteiger partial charge is 0.162 e. The maximum atomic E-state index is 12.3. The molecule has 0 aliphatic rings. The van der Waals surface area contributed by atoms with Gasteiger partial charge in [0.25, 0.3) is 0 Å². The molecule has 0 aromatic heterocycles. The van der Waals surface area contributed by atoms with E-state index in [-0.39, 0.29) is 0 Å². The van der Waals surface area contributed by atoms with Crippen LogP contribution in [0.3, 0.4) is 0 Å². The van der Waals surface area contributed by atoms with Crippen LogP contribution in [0.15, 0.2) is 18.2 Å². The van der Waals surface area contributed by atoms with E-state index in [1.807, 2.05) is 6.79 Å². The van der Waals surface area contributed by atoms with Gasteiger partial charge in [0.2, 0.25) is 0 Å². The molecule has 0 heterocycles. The van der Waals surface area contributed by atoms with Crippen LogP contribution in [-0.2, 0) is 4.79 Å². The fraction of sp³-hybridized carbons (Fsp3) is 0.125. The monoisotopic (exact) mass is 174 g/mol. The lowest BCUT2D eigenvalue weighted by Gasteiger charge is -1.97. The van der Waals surface area contributed by atoms with Gasteiger partial charge in [-0.2, -0.15) is 0 Å². The summed E-state index contributed by atoms with van der Waals surface area (Å²) in [4.78, 5) is 8.00. The van der Waals surface area contributed by atoms with Crippen molar-refractivity contribution in [1.29, 1.82) is 0 Å².